The Bertz CT molecular complexity index is 414. The molecule has 0 aliphatic heterocycles. The standard InChI is InChI=1S/C16H24N2O2/c1-20-16(19)18(11-13-5-3-2-4-6-13)12-14-7-9-15(17)10-8-14/h2-6,14-15H,7-12,17H2,1H3. The molecule has 0 atom stereocenters. The first-order valence-corrected chi connectivity index (χ1v) is 7.31. The van der Waals surface area contributed by atoms with Crippen molar-refractivity contribution < 1.29 is 9.53 Å². The van der Waals surface area contributed by atoms with Crippen molar-refractivity contribution in [3.8, 4) is 0 Å². The van der Waals surface area contributed by atoms with Gasteiger partial charge in [-0.1, -0.05) is 30.3 Å². The summed E-state index contributed by atoms with van der Waals surface area (Å²) in [5.41, 5.74) is 7.06. The molecule has 0 spiro atoms. The van der Waals surface area contributed by atoms with Crippen LogP contribution in [0, 0.1) is 5.92 Å². The summed E-state index contributed by atoms with van der Waals surface area (Å²) in [7, 11) is 1.44. The fraction of sp³-hybridized carbons (Fsp3) is 0.562. The van der Waals surface area contributed by atoms with Gasteiger partial charge in [-0.15, -0.1) is 0 Å². The lowest BCUT2D eigenvalue weighted by atomic mass is 9.86. The van der Waals surface area contributed by atoms with Crippen LogP contribution in [0.1, 0.15) is 31.2 Å². The lowest BCUT2D eigenvalue weighted by Gasteiger charge is -2.31. The number of hydrogen-bond donors (Lipinski definition) is 1. The highest BCUT2D eigenvalue weighted by Crippen LogP contribution is 2.24. The molecule has 1 aliphatic rings. The van der Waals surface area contributed by atoms with Gasteiger partial charge in [0.05, 0.1) is 7.11 Å². The second-order valence-electron chi connectivity index (χ2n) is 5.62. The van der Waals surface area contributed by atoms with Gasteiger partial charge in [0.1, 0.15) is 0 Å². The minimum absolute atomic E-state index is 0.247. The van der Waals surface area contributed by atoms with Gasteiger partial charge in [0.15, 0.2) is 0 Å². The van der Waals surface area contributed by atoms with Crippen LogP contribution in [0.25, 0.3) is 0 Å². The number of carbonyl (C=O) groups is 1. The Hall–Kier alpha value is -1.55. The molecule has 1 fully saturated rings. The number of carbonyl (C=O) groups excluding carboxylic acids is 1. The summed E-state index contributed by atoms with van der Waals surface area (Å²) in [6.45, 7) is 1.37. The Morgan fingerprint density at radius 2 is 1.90 bits per heavy atom. The van der Waals surface area contributed by atoms with E-state index in [4.69, 9.17) is 10.5 Å². The molecule has 0 radical (unpaired) electrons. The maximum atomic E-state index is 11.9. The molecule has 4 nitrogen and oxygen atoms in total. The van der Waals surface area contributed by atoms with Crippen molar-refractivity contribution >= 4 is 6.09 Å². The Morgan fingerprint density at radius 3 is 2.50 bits per heavy atom. The van der Waals surface area contributed by atoms with Crippen LogP contribution in [-0.2, 0) is 11.3 Å². The fourth-order valence-electron chi connectivity index (χ4n) is 2.82. The SMILES string of the molecule is COC(=O)N(Cc1ccccc1)CC1CCC(N)CC1. The molecule has 0 heterocycles. The molecule has 1 aromatic rings. The van der Waals surface area contributed by atoms with E-state index in [1.807, 2.05) is 30.3 Å². The monoisotopic (exact) mass is 276 g/mol. The van der Waals surface area contributed by atoms with Gasteiger partial charge in [0.2, 0.25) is 0 Å². The summed E-state index contributed by atoms with van der Waals surface area (Å²) in [6.07, 6.45) is 4.08. The van der Waals surface area contributed by atoms with Gasteiger partial charge < -0.3 is 15.4 Å². The average Bonchev–Trinajstić information content (AvgIpc) is 2.49. The van der Waals surface area contributed by atoms with Crippen LogP contribution >= 0.6 is 0 Å². The molecule has 4 heteroatoms. The van der Waals surface area contributed by atoms with Gasteiger partial charge in [-0.05, 0) is 37.2 Å². The summed E-state index contributed by atoms with van der Waals surface area (Å²) < 4.78 is 4.91. The van der Waals surface area contributed by atoms with E-state index < -0.39 is 0 Å². The highest BCUT2D eigenvalue weighted by Gasteiger charge is 2.23. The molecule has 0 unspecified atom stereocenters. The summed E-state index contributed by atoms with van der Waals surface area (Å²) in [5, 5.41) is 0. The number of nitrogens with zero attached hydrogens (tertiary/aromatic N) is 1. The molecule has 1 aliphatic carbocycles. The van der Waals surface area contributed by atoms with E-state index >= 15 is 0 Å². The zero-order valence-electron chi connectivity index (χ0n) is 12.1. The van der Waals surface area contributed by atoms with E-state index in [2.05, 4.69) is 0 Å². The van der Waals surface area contributed by atoms with Crippen molar-refractivity contribution in [2.24, 2.45) is 11.7 Å². The second-order valence-corrected chi connectivity index (χ2v) is 5.62. The van der Waals surface area contributed by atoms with E-state index in [1.54, 1.807) is 4.90 Å². The third kappa shape index (κ3) is 4.23. The van der Waals surface area contributed by atoms with Crippen molar-refractivity contribution in [3.63, 3.8) is 0 Å². The number of methoxy groups -OCH3 is 1. The Kier molecular flexibility index (Phi) is 5.41. The molecular formula is C16H24N2O2. The lowest BCUT2D eigenvalue weighted by molar-refractivity contribution is 0.108. The van der Waals surface area contributed by atoms with Crippen molar-refractivity contribution in [3.05, 3.63) is 35.9 Å². The van der Waals surface area contributed by atoms with Gasteiger partial charge in [-0.3, -0.25) is 0 Å². The van der Waals surface area contributed by atoms with Gasteiger partial charge in [-0.2, -0.15) is 0 Å². The Balaban J connectivity index is 1.95. The summed E-state index contributed by atoms with van der Waals surface area (Å²) >= 11 is 0. The van der Waals surface area contributed by atoms with Crippen LogP contribution in [0.15, 0.2) is 30.3 Å². The second kappa shape index (κ2) is 7.29. The Morgan fingerprint density at radius 1 is 1.25 bits per heavy atom. The lowest BCUT2D eigenvalue weighted by Crippen LogP contribution is -2.37. The van der Waals surface area contributed by atoms with E-state index in [-0.39, 0.29) is 6.09 Å². The van der Waals surface area contributed by atoms with Gasteiger partial charge in [0, 0.05) is 19.1 Å². The van der Waals surface area contributed by atoms with Crippen molar-refractivity contribution in [2.75, 3.05) is 13.7 Å². The van der Waals surface area contributed by atoms with Gasteiger partial charge in [0.25, 0.3) is 0 Å². The quantitative estimate of drug-likeness (QED) is 0.920. The number of rotatable bonds is 4. The van der Waals surface area contributed by atoms with Crippen molar-refractivity contribution in [2.45, 2.75) is 38.3 Å². The molecule has 1 aromatic carbocycles. The maximum absolute atomic E-state index is 11.9. The molecule has 2 N–H and O–H groups in total. The molecule has 0 aromatic heterocycles. The molecule has 2 rings (SSSR count). The smallest absolute Gasteiger partial charge is 0.409 e. The maximum Gasteiger partial charge on any atom is 0.409 e. The predicted molar refractivity (Wildman–Crippen MR) is 79.2 cm³/mol. The summed E-state index contributed by atoms with van der Waals surface area (Å²) in [5.74, 6) is 0.539. The molecular weight excluding hydrogens is 252 g/mol. The van der Waals surface area contributed by atoms with Gasteiger partial charge in [-0.25, -0.2) is 4.79 Å². The van der Waals surface area contributed by atoms with Crippen LogP contribution in [0.3, 0.4) is 0 Å². The highest BCUT2D eigenvalue weighted by atomic mass is 16.5. The fourth-order valence-corrected chi connectivity index (χ4v) is 2.82. The first-order chi connectivity index (χ1) is 9.69. The average molecular weight is 276 g/mol. The van der Waals surface area contributed by atoms with E-state index in [1.165, 1.54) is 7.11 Å². The third-order valence-corrected chi connectivity index (χ3v) is 4.02. The largest absolute Gasteiger partial charge is 0.453 e. The zero-order valence-corrected chi connectivity index (χ0v) is 12.1. The summed E-state index contributed by atoms with van der Waals surface area (Å²) in [4.78, 5) is 13.7. The van der Waals surface area contributed by atoms with Crippen LogP contribution in [-0.4, -0.2) is 30.7 Å². The van der Waals surface area contributed by atoms with E-state index in [9.17, 15) is 4.79 Å². The van der Waals surface area contributed by atoms with Crippen molar-refractivity contribution in [1.82, 2.24) is 4.90 Å². The number of nitrogens with two attached hydrogens (primary N) is 1. The first-order valence-electron chi connectivity index (χ1n) is 7.31. The first kappa shape index (κ1) is 14.9. The van der Waals surface area contributed by atoms with E-state index in [0.29, 0.717) is 18.5 Å². The van der Waals surface area contributed by atoms with Crippen molar-refractivity contribution in [1.29, 1.82) is 0 Å². The molecule has 110 valence electrons. The highest BCUT2D eigenvalue weighted by molar-refractivity contribution is 5.67. The van der Waals surface area contributed by atoms with Crippen LogP contribution in [0.5, 0.6) is 0 Å². The topological polar surface area (TPSA) is 55.6 Å². The Labute approximate surface area is 120 Å². The van der Waals surface area contributed by atoms with E-state index in [0.717, 1.165) is 37.8 Å². The normalized spacial score (nSPS) is 22.3. The number of hydrogen-bond acceptors (Lipinski definition) is 3. The molecule has 0 saturated heterocycles. The van der Waals surface area contributed by atoms with Gasteiger partial charge >= 0.3 is 6.09 Å². The minimum Gasteiger partial charge on any atom is -0.453 e. The minimum atomic E-state index is -0.247. The third-order valence-electron chi connectivity index (χ3n) is 4.02. The zero-order chi connectivity index (χ0) is 14.4. The number of ether oxygens (including phenoxy) is 1. The van der Waals surface area contributed by atoms with Crippen LogP contribution in [0.2, 0.25) is 0 Å². The number of amides is 1. The van der Waals surface area contributed by atoms with Crippen LogP contribution < -0.4 is 5.73 Å². The molecule has 1 saturated carbocycles. The number of benzene rings is 1. The predicted octanol–water partition coefficient (Wildman–Crippen LogP) is 2.77. The van der Waals surface area contributed by atoms with Crippen LogP contribution in [0.4, 0.5) is 4.79 Å². The summed E-state index contributed by atoms with van der Waals surface area (Å²) in [6, 6.07) is 10.4. The molecule has 1 amide bonds. The molecule has 20 heavy (non-hydrogen) atoms. The molecule has 0 bridgehead atoms.